The molecule has 2 rings (SSSR count). The van der Waals surface area contributed by atoms with Crippen molar-refractivity contribution in [1.82, 2.24) is 14.7 Å². The number of hydrogen-bond donors (Lipinski definition) is 0. The minimum absolute atomic E-state index is 0.0960. The molecule has 5 heteroatoms. The molecule has 0 bridgehead atoms. The Morgan fingerprint density at radius 2 is 1.90 bits per heavy atom. The van der Waals surface area contributed by atoms with Crippen molar-refractivity contribution in [3.8, 4) is 6.07 Å². The van der Waals surface area contributed by atoms with Gasteiger partial charge in [0, 0.05) is 45.8 Å². The number of piperazine rings is 1. The van der Waals surface area contributed by atoms with Crippen molar-refractivity contribution in [2.24, 2.45) is 0 Å². The van der Waals surface area contributed by atoms with Gasteiger partial charge in [-0.15, -0.1) is 0 Å². The molecule has 0 aromatic carbocycles. The van der Waals surface area contributed by atoms with E-state index < -0.39 is 0 Å². The molecule has 2 atom stereocenters. The van der Waals surface area contributed by atoms with Gasteiger partial charge in [-0.1, -0.05) is 13.8 Å². The predicted octanol–water partition coefficient (Wildman–Crippen LogP) is 0.627. The van der Waals surface area contributed by atoms with Crippen LogP contribution in [-0.4, -0.2) is 85.8 Å². The molecule has 2 saturated heterocycles. The maximum absolute atomic E-state index is 9.13. The SMILES string of the molecule is CCC(C#N)N1CCN(CC2CN(CC)CCO2)CC1. The molecule has 0 N–H and O–H groups in total. The summed E-state index contributed by atoms with van der Waals surface area (Å²) in [5.41, 5.74) is 0. The topological polar surface area (TPSA) is 42.7 Å². The van der Waals surface area contributed by atoms with E-state index in [0.29, 0.717) is 6.10 Å². The Balaban J connectivity index is 1.73. The highest BCUT2D eigenvalue weighted by molar-refractivity contribution is 4.93. The second kappa shape index (κ2) is 7.94. The lowest BCUT2D eigenvalue weighted by molar-refractivity contribution is -0.0475. The minimum Gasteiger partial charge on any atom is -0.374 e. The molecule has 0 radical (unpaired) electrons. The van der Waals surface area contributed by atoms with Crippen LogP contribution in [0.15, 0.2) is 0 Å². The number of rotatable bonds is 5. The largest absolute Gasteiger partial charge is 0.374 e. The molecule has 2 aliphatic rings. The van der Waals surface area contributed by atoms with Gasteiger partial charge < -0.3 is 4.74 Å². The third-order valence-corrected chi connectivity index (χ3v) is 4.52. The van der Waals surface area contributed by atoms with Crippen LogP contribution in [0.3, 0.4) is 0 Å². The molecule has 0 saturated carbocycles. The summed E-state index contributed by atoms with van der Waals surface area (Å²) in [7, 11) is 0. The van der Waals surface area contributed by atoms with Gasteiger partial charge in [0.15, 0.2) is 0 Å². The average Bonchev–Trinajstić information content (AvgIpc) is 2.50. The summed E-state index contributed by atoms with van der Waals surface area (Å²) < 4.78 is 5.88. The van der Waals surface area contributed by atoms with Crippen LogP contribution >= 0.6 is 0 Å². The zero-order valence-electron chi connectivity index (χ0n) is 12.9. The van der Waals surface area contributed by atoms with Gasteiger partial charge in [-0.2, -0.15) is 5.26 Å². The highest BCUT2D eigenvalue weighted by Crippen LogP contribution is 2.12. The lowest BCUT2D eigenvalue weighted by Crippen LogP contribution is -2.54. The van der Waals surface area contributed by atoms with Gasteiger partial charge >= 0.3 is 0 Å². The van der Waals surface area contributed by atoms with E-state index in [4.69, 9.17) is 10.00 Å². The van der Waals surface area contributed by atoms with Crippen LogP contribution in [-0.2, 0) is 4.74 Å². The first-order chi connectivity index (χ1) is 9.76. The summed E-state index contributed by atoms with van der Waals surface area (Å²) >= 11 is 0. The summed E-state index contributed by atoms with van der Waals surface area (Å²) in [4.78, 5) is 7.27. The molecule has 0 amide bonds. The second-order valence-electron chi connectivity index (χ2n) is 5.78. The van der Waals surface area contributed by atoms with Crippen LogP contribution in [0, 0.1) is 11.3 Å². The molecule has 0 aromatic rings. The average molecular weight is 280 g/mol. The van der Waals surface area contributed by atoms with Crippen molar-refractivity contribution >= 4 is 0 Å². The zero-order valence-corrected chi connectivity index (χ0v) is 12.9. The van der Waals surface area contributed by atoms with Gasteiger partial charge in [0.25, 0.3) is 0 Å². The summed E-state index contributed by atoms with van der Waals surface area (Å²) in [5.74, 6) is 0. The molecule has 0 aliphatic carbocycles. The van der Waals surface area contributed by atoms with Crippen molar-refractivity contribution in [3.05, 3.63) is 0 Å². The molecule has 0 spiro atoms. The van der Waals surface area contributed by atoms with Gasteiger partial charge in [0.05, 0.1) is 24.8 Å². The van der Waals surface area contributed by atoms with Crippen molar-refractivity contribution in [1.29, 1.82) is 5.26 Å². The fourth-order valence-electron chi connectivity index (χ4n) is 3.15. The van der Waals surface area contributed by atoms with E-state index in [1.807, 2.05) is 0 Å². The van der Waals surface area contributed by atoms with Crippen LogP contribution in [0.2, 0.25) is 0 Å². The minimum atomic E-state index is 0.0960. The maximum Gasteiger partial charge on any atom is 0.0976 e. The van der Waals surface area contributed by atoms with Gasteiger partial charge in [-0.25, -0.2) is 0 Å². The van der Waals surface area contributed by atoms with Crippen molar-refractivity contribution < 1.29 is 4.74 Å². The molecular formula is C15H28N4O. The van der Waals surface area contributed by atoms with Crippen molar-refractivity contribution in [3.63, 3.8) is 0 Å². The van der Waals surface area contributed by atoms with Gasteiger partial charge in [0.2, 0.25) is 0 Å². The van der Waals surface area contributed by atoms with Gasteiger partial charge in [0.1, 0.15) is 0 Å². The summed E-state index contributed by atoms with van der Waals surface area (Å²) in [5, 5.41) is 9.13. The van der Waals surface area contributed by atoms with E-state index in [1.54, 1.807) is 0 Å². The third-order valence-electron chi connectivity index (χ3n) is 4.52. The first kappa shape index (κ1) is 15.7. The fraction of sp³-hybridized carbons (Fsp3) is 0.933. The molecule has 2 unspecified atom stereocenters. The first-order valence-electron chi connectivity index (χ1n) is 7.96. The zero-order chi connectivity index (χ0) is 14.4. The number of hydrogen-bond acceptors (Lipinski definition) is 5. The van der Waals surface area contributed by atoms with Gasteiger partial charge in [-0.3, -0.25) is 14.7 Å². The molecule has 2 fully saturated rings. The Bertz CT molecular complexity index is 322. The van der Waals surface area contributed by atoms with E-state index >= 15 is 0 Å². The standard InChI is InChI=1S/C15H28N4O/c1-3-14(11-16)19-7-5-18(6-8-19)13-15-12-17(4-2)9-10-20-15/h14-15H,3-10,12-13H2,1-2H3. The van der Waals surface area contributed by atoms with E-state index in [2.05, 4.69) is 34.6 Å². The molecule has 5 nitrogen and oxygen atoms in total. The molecule has 0 aromatic heterocycles. The van der Waals surface area contributed by atoms with Crippen molar-refractivity contribution in [2.45, 2.75) is 32.4 Å². The van der Waals surface area contributed by atoms with Crippen LogP contribution in [0.4, 0.5) is 0 Å². The van der Waals surface area contributed by atoms with Crippen LogP contribution in [0.25, 0.3) is 0 Å². The molecule has 20 heavy (non-hydrogen) atoms. The number of nitriles is 1. The summed E-state index contributed by atoms with van der Waals surface area (Å²) in [6.07, 6.45) is 1.28. The Kier molecular flexibility index (Phi) is 6.24. The van der Waals surface area contributed by atoms with E-state index in [0.717, 1.165) is 65.4 Å². The van der Waals surface area contributed by atoms with Crippen LogP contribution < -0.4 is 0 Å². The Hall–Kier alpha value is -0.670. The highest BCUT2D eigenvalue weighted by atomic mass is 16.5. The predicted molar refractivity (Wildman–Crippen MR) is 79.6 cm³/mol. The number of morpholine rings is 1. The number of nitrogens with zero attached hydrogens (tertiary/aromatic N) is 4. The molecule has 2 heterocycles. The third kappa shape index (κ3) is 4.16. The highest BCUT2D eigenvalue weighted by Gasteiger charge is 2.26. The molecule has 114 valence electrons. The van der Waals surface area contributed by atoms with Crippen molar-refractivity contribution in [2.75, 3.05) is 59.0 Å². The number of likely N-dealkylation sites (N-methyl/N-ethyl adjacent to an activating group) is 1. The molecule has 2 aliphatic heterocycles. The van der Waals surface area contributed by atoms with Gasteiger partial charge in [-0.05, 0) is 13.0 Å². The molecular weight excluding hydrogens is 252 g/mol. The fourth-order valence-corrected chi connectivity index (χ4v) is 3.15. The second-order valence-corrected chi connectivity index (χ2v) is 5.78. The number of ether oxygens (including phenoxy) is 1. The van der Waals surface area contributed by atoms with Crippen LogP contribution in [0.1, 0.15) is 20.3 Å². The Labute approximate surface area is 123 Å². The summed E-state index contributed by atoms with van der Waals surface area (Å²) in [6, 6.07) is 2.50. The maximum atomic E-state index is 9.13. The van der Waals surface area contributed by atoms with E-state index in [1.165, 1.54) is 0 Å². The monoisotopic (exact) mass is 280 g/mol. The smallest absolute Gasteiger partial charge is 0.0976 e. The Morgan fingerprint density at radius 1 is 1.15 bits per heavy atom. The van der Waals surface area contributed by atoms with E-state index in [9.17, 15) is 0 Å². The van der Waals surface area contributed by atoms with E-state index in [-0.39, 0.29) is 6.04 Å². The lowest BCUT2D eigenvalue weighted by Gasteiger charge is -2.40. The first-order valence-corrected chi connectivity index (χ1v) is 7.96. The normalized spacial score (nSPS) is 28.1. The lowest BCUT2D eigenvalue weighted by atomic mass is 10.1. The Morgan fingerprint density at radius 3 is 2.50 bits per heavy atom. The summed E-state index contributed by atoms with van der Waals surface area (Å²) in [6.45, 7) is 13.6. The van der Waals surface area contributed by atoms with Crippen LogP contribution in [0.5, 0.6) is 0 Å². The quantitative estimate of drug-likeness (QED) is 0.739.